The van der Waals surface area contributed by atoms with Gasteiger partial charge in [-0.05, 0) is 40.8 Å². The molecular weight excluding hydrogens is 284 g/mol. The molecule has 1 aromatic heterocycles. The summed E-state index contributed by atoms with van der Waals surface area (Å²) >= 11 is 1.45. The van der Waals surface area contributed by atoms with E-state index in [1.165, 1.54) is 11.3 Å². The number of nitriles is 1. The van der Waals surface area contributed by atoms with E-state index in [0.717, 1.165) is 31.1 Å². The van der Waals surface area contributed by atoms with Crippen molar-refractivity contribution in [1.29, 1.82) is 5.26 Å². The highest BCUT2D eigenvalue weighted by molar-refractivity contribution is 7.17. The lowest BCUT2D eigenvalue weighted by atomic mass is 10.2. The Labute approximate surface area is 130 Å². The second kappa shape index (κ2) is 6.54. The van der Waals surface area contributed by atoms with E-state index in [9.17, 15) is 5.26 Å². The van der Waals surface area contributed by atoms with Gasteiger partial charge >= 0.3 is 0 Å². The maximum atomic E-state index is 9.25. The average Bonchev–Trinajstić information content (AvgIpc) is 2.60. The maximum absolute atomic E-state index is 9.25. The summed E-state index contributed by atoms with van der Waals surface area (Å²) in [5.74, 6) is 0.683. The third-order valence-corrected chi connectivity index (χ3v) is 4.77. The van der Waals surface area contributed by atoms with Gasteiger partial charge in [0, 0.05) is 19.1 Å². The first kappa shape index (κ1) is 15.9. The van der Waals surface area contributed by atoms with Crippen molar-refractivity contribution in [2.45, 2.75) is 39.3 Å². The summed E-state index contributed by atoms with van der Waals surface area (Å²) < 4.78 is 5.91. The minimum Gasteiger partial charge on any atom is -0.486 e. The van der Waals surface area contributed by atoms with Crippen molar-refractivity contribution in [1.82, 2.24) is 4.90 Å². The molecule has 0 bridgehead atoms. The van der Waals surface area contributed by atoms with Gasteiger partial charge in [-0.15, -0.1) is 11.3 Å². The number of anilines is 2. The van der Waals surface area contributed by atoms with Crippen LogP contribution in [0, 0.1) is 11.3 Å². The van der Waals surface area contributed by atoms with Gasteiger partial charge in [-0.1, -0.05) is 0 Å². The summed E-state index contributed by atoms with van der Waals surface area (Å²) in [7, 11) is 2.15. The van der Waals surface area contributed by atoms with E-state index in [1.807, 2.05) is 13.8 Å². The third kappa shape index (κ3) is 3.42. The van der Waals surface area contributed by atoms with Crippen molar-refractivity contribution >= 4 is 22.0 Å². The van der Waals surface area contributed by atoms with E-state index >= 15 is 0 Å². The van der Waals surface area contributed by atoms with Gasteiger partial charge in [0.2, 0.25) is 0 Å². The van der Waals surface area contributed by atoms with Crippen LogP contribution in [0.1, 0.15) is 32.1 Å². The Morgan fingerprint density at radius 1 is 1.43 bits per heavy atom. The molecule has 1 aliphatic rings. The molecule has 2 N–H and O–H groups in total. The number of hydrogen-bond acceptors (Lipinski definition) is 6. The van der Waals surface area contributed by atoms with Crippen molar-refractivity contribution in [3.05, 3.63) is 4.88 Å². The molecule has 5 nitrogen and oxygen atoms in total. The van der Waals surface area contributed by atoms with Gasteiger partial charge in [-0.25, -0.2) is 0 Å². The van der Waals surface area contributed by atoms with Crippen LogP contribution in [0.25, 0.3) is 0 Å². The molecule has 6 heteroatoms. The zero-order valence-electron chi connectivity index (χ0n) is 13.2. The summed E-state index contributed by atoms with van der Waals surface area (Å²) in [6.45, 7) is 9.22. The van der Waals surface area contributed by atoms with Crippen molar-refractivity contribution in [2.24, 2.45) is 0 Å². The van der Waals surface area contributed by atoms with E-state index in [2.05, 4.69) is 29.8 Å². The van der Waals surface area contributed by atoms with Crippen molar-refractivity contribution < 1.29 is 4.74 Å². The largest absolute Gasteiger partial charge is 0.486 e. The number of likely N-dealkylation sites (N-methyl/N-ethyl adjacent to an activating group) is 1. The Bertz CT molecular complexity index is 535. The van der Waals surface area contributed by atoms with Gasteiger partial charge in [0.05, 0.1) is 6.10 Å². The predicted octanol–water partition coefficient (Wildman–Crippen LogP) is 2.52. The second-order valence-electron chi connectivity index (χ2n) is 5.92. The van der Waals surface area contributed by atoms with Gasteiger partial charge in [0.1, 0.15) is 21.6 Å². The highest BCUT2D eigenvalue weighted by atomic mass is 32.1. The van der Waals surface area contributed by atoms with Crippen LogP contribution in [0.15, 0.2) is 0 Å². The van der Waals surface area contributed by atoms with E-state index < -0.39 is 0 Å². The summed E-state index contributed by atoms with van der Waals surface area (Å²) in [6.07, 6.45) is 1.14. The Hall–Kier alpha value is -1.45. The summed E-state index contributed by atoms with van der Waals surface area (Å²) in [4.78, 5) is 5.23. The monoisotopic (exact) mass is 308 g/mol. The van der Waals surface area contributed by atoms with E-state index in [1.54, 1.807) is 0 Å². The fourth-order valence-corrected chi connectivity index (χ4v) is 3.79. The normalized spacial score (nSPS) is 20.4. The van der Waals surface area contributed by atoms with Gasteiger partial charge < -0.3 is 20.3 Å². The molecule has 0 aliphatic carbocycles. The standard InChI is InChI=1S/C15H24N4OS/c1-10(2)20-14-13(17)12(8-16)21-15(14)19-7-5-6-18(4)9-11(19)3/h10-11H,5-7,9,17H2,1-4H3. The van der Waals surface area contributed by atoms with E-state index in [4.69, 9.17) is 10.5 Å². The lowest BCUT2D eigenvalue weighted by molar-refractivity contribution is 0.245. The highest BCUT2D eigenvalue weighted by Crippen LogP contribution is 2.46. The minimum absolute atomic E-state index is 0.0390. The molecule has 1 aromatic rings. The lowest BCUT2D eigenvalue weighted by Gasteiger charge is -2.29. The topological polar surface area (TPSA) is 65.5 Å². The van der Waals surface area contributed by atoms with Gasteiger partial charge in [-0.3, -0.25) is 0 Å². The zero-order chi connectivity index (χ0) is 15.6. The fourth-order valence-electron chi connectivity index (χ4n) is 2.71. The molecule has 1 atom stereocenters. The van der Waals surface area contributed by atoms with Crippen LogP contribution >= 0.6 is 11.3 Å². The van der Waals surface area contributed by atoms with Crippen LogP contribution in [0.5, 0.6) is 5.75 Å². The maximum Gasteiger partial charge on any atom is 0.178 e. The molecule has 1 unspecified atom stereocenters. The molecule has 1 fully saturated rings. The summed E-state index contributed by atoms with van der Waals surface area (Å²) in [6, 6.07) is 2.56. The molecule has 0 saturated carbocycles. The Kier molecular flexibility index (Phi) is 4.96. The number of ether oxygens (including phenoxy) is 1. The molecule has 2 heterocycles. The molecule has 1 aliphatic heterocycles. The van der Waals surface area contributed by atoms with Crippen molar-refractivity contribution in [3.63, 3.8) is 0 Å². The number of rotatable bonds is 3. The second-order valence-corrected chi connectivity index (χ2v) is 6.91. The molecule has 0 spiro atoms. The van der Waals surface area contributed by atoms with Crippen LogP contribution in [0.4, 0.5) is 10.7 Å². The van der Waals surface area contributed by atoms with E-state index in [0.29, 0.717) is 22.4 Å². The van der Waals surface area contributed by atoms with Crippen LogP contribution in [-0.2, 0) is 0 Å². The van der Waals surface area contributed by atoms with Gasteiger partial charge in [-0.2, -0.15) is 5.26 Å². The number of nitrogen functional groups attached to an aromatic ring is 1. The molecule has 1 saturated heterocycles. The quantitative estimate of drug-likeness (QED) is 0.929. The fraction of sp³-hybridized carbons (Fsp3) is 0.667. The van der Waals surface area contributed by atoms with E-state index in [-0.39, 0.29) is 6.10 Å². The van der Waals surface area contributed by atoms with Crippen LogP contribution < -0.4 is 15.4 Å². The zero-order valence-corrected chi connectivity index (χ0v) is 14.0. The SMILES string of the molecule is CC(C)Oc1c(N2CCCN(C)CC2C)sc(C#N)c1N. The Balaban J connectivity index is 2.39. The highest BCUT2D eigenvalue weighted by Gasteiger charge is 2.27. The van der Waals surface area contributed by atoms with Crippen molar-refractivity contribution in [3.8, 4) is 11.8 Å². The van der Waals surface area contributed by atoms with Crippen LogP contribution in [0.3, 0.4) is 0 Å². The Morgan fingerprint density at radius 2 is 2.14 bits per heavy atom. The molecule has 21 heavy (non-hydrogen) atoms. The van der Waals surface area contributed by atoms with Gasteiger partial charge in [0.15, 0.2) is 5.75 Å². The number of nitrogens with two attached hydrogens (primary N) is 1. The molecule has 0 radical (unpaired) electrons. The number of thiophene rings is 1. The minimum atomic E-state index is 0.0390. The molecule has 0 amide bonds. The first-order valence-electron chi connectivity index (χ1n) is 7.38. The first-order chi connectivity index (χ1) is 9.93. The summed E-state index contributed by atoms with van der Waals surface area (Å²) in [5.41, 5.74) is 6.59. The van der Waals surface area contributed by atoms with Gasteiger partial charge in [0.25, 0.3) is 0 Å². The third-order valence-electron chi connectivity index (χ3n) is 3.64. The smallest absolute Gasteiger partial charge is 0.178 e. The van der Waals surface area contributed by atoms with Crippen LogP contribution in [-0.4, -0.2) is 43.7 Å². The lowest BCUT2D eigenvalue weighted by Crippen LogP contribution is -2.37. The molecular formula is C15H24N4OS. The number of nitrogens with zero attached hydrogens (tertiary/aromatic N) is 3. The molecule has 2 rings (SSSR count). The summed E-state index contributed by atoms with van der Waals surface area (Å²) in [5, 5.41) is 10.3. The Morgan fingerprint density at radius 3 is 2.76 bits per heavy atom. The number of hydrogen-bond donors (Lipinski definition) is 1. The first-order valence-corrected chi connectivity index (χ1v) is 8.19. The van der Waals surface area contributed by atoms with Crippen LogP contribution in [0.2, 0.25) is 0 Å². The average molecular weight is 308 g/mol. The molecule has 116 valence electrons. The predicted molar refractivity (Wildman–Crippen MR) is 88.1 cm³/mol. The molecule has 0 aromatic carbocycles. The van der Waals surface area contributed by atoms with Crippen molar-refractivity contribution in [2.75, 3.05) is 37.3 Å².